The average molecular weight is 341 g/mol. The van der Waals surface area contributed by atoms with E-state index in [0.717, 1.165) is 10.7 Å². The van der Waals surface area contributed by atoms with Crippen molar-refractivity contribution in [3.8, 4) is 5.88 Å². The summed E-state index contributed by atoms with van der Waals surface area (Å²) < 4.78 is 5.30. The summed E-state index contributed by atoms with van der Waals surface area (Å²) in [6.07, 6.45) is 1.02. The summed E-state index contributed by atoms with van der Waals surface area (Å²) in [5, 5.41) is 7.05. The highest BCUT2D eigenvalue weighted by Gasteiger charge is 2.15. The first-order valence-electron chi connectivity index (χ1n) is 7.18. The number of anilines is 3. The van der Waals surface area contributed by atoms with Crippen molar-refractivity contribution in [2.24, 2.45) is 0 Å². The summed E-state index contributed by atoms with van der Waals surface area (Å²) in [5.41, 5.74) is 0.801. The van der Waals surface area contributed by atoms with Crippen LogP contribution in [0.25, 0.3) is 0 Å². The Bertz CT molecular complexity index is 851. The molecule has 0 aliphatic rings. The molecule has 0 unspecified atom stereocenters. The van der Waals surface area contributed by atoms with E-state index in [9.17, 15) is 4.79 Å². The summed E-state index contributed by atoms with van der Waals surface area (Å²) in [5.74, 6) is 1.27. The van der Waals surface area contributed by atoms with Gasteiger partial charge in [0.15, 0.2) is 5.00 Å². The molecular formula is C16H15N5O2S. The second-order valence-corrected chi connectivity index (χ2v) is 6.09. The van der Waals surface area contributed by atoms with E-state index >= 15 is 0 Å². The average Bonchev–Trinajstić information content (AvgIpc) is 2.87. The molecule has 8 heteroatoms. The van der Waals surface area contributed by atoms with Gasteiger partial charge in [-0.2, -0.15) is 0 Å². The first kappa shape index (κ1) is 15.9. The van der Waals surface area contributed by atoms with Crippen LogP contribution in [0.1, 0.15) is 10.7 Å². The highest BCUT2D eigenvalue weighted by molar-refractivity contribution is 7.16. The first-order valence-corrected chi connectivity index (χ1v) is 8.00. The molecular weight excluding hydrogens is 326 g/mol. The van der Waals surface area contributed by atoms with E-state index in [4.69, 9.17) is 4.74 Å². The molecule has 1 amide bonds. The van der Waals surface area contributed by atoms with Crippen LogP contribution < -0.4 is 15.4 Å². The van der Waals surface area contributed by atoms with Crippen molar-refractivity contribution in [1.82, 2.24) is 15.0 Å². The molecule has 24 heavy (non-hydrogen) atoms. The number of thiazole rings is 1. The van der Waals surface area contributed by atoms with Crippen LogP contribution in [-0.2, 0) is 0 Å². The van der Waals surface area contributed by atoms with Crippen molar-refractivity contribution < 1.29 is 9.53 Å². The number of carbonyl (C=O) groups excluding carboxylic acids is 1. The van der Waals surface area contributed by atoms with Gasteiger partial charge >= 0.3 is 6.09 Å². The fourth-order valence-corrected chi connectivity index (χ4v) is 2.69. The van der Waals surface area contributed by atoms with E-state index in [1.807, 2.05) is 38.1 Å². The Balaban J connectivity index is 1.71. The Kier molecular flexibility index (Phi) is 4.66. The van der Waals surface area contributed by atoms with Crippen molar-refractivity contribution in [1.29, 1.82) is 0 Å². The van der Waals surface area contributed by atoms with Crippen LogP contribution in [-0.4, -0.2) is 21.0 Å². The van der Waals surface area contributed by atoms with Crippen LogP contribution in [0.5, 0.6) is 5.88 Å². The van der Waals surface area contributed by atoms with Crippen LogP contribution in [0.3, 0.4) is 0 Å². The zero-order valence-electron chi connectivity index (χ0n) is 13.1. The normalized spacial score (nSPS) is 10.2. The Labute approximate surface area is 142 Å². The zero-order chi connectivity index (χ0) is 16.9. The predicted molar refractivity (Wildman–Crippen MR) is 93.0 cm³/mol. The Morgan fingerprint density at radius 2 is 1.92 bits per heavy atom. The van der Waals surface area contributed by atoms with Crippen molar-refractivity contribution >= 4 is 34.1 Å². The lowest BCUT2D eigenvalue weighted by molar-refractivity contribution is 0.213. The molecule has 3 rings (SSSR count). The summed E-state index contributed by atoms with van der Waals surface area (Å²) in [6.45, 7) is 3.68. The standard InChI is InChI=1S/C16H15N5O2S/c1-10-6-5-8-13(18-10)21-16(22)23-14-15(24-11(2)19-14)20-12-7-3-4-9-17-12/h3-9H,1-2H3,(H,17,20)(H,18,21,22). The number of nitrogens with one attached hydrogen (secondary N) is 2. The van der Waals surface area contributed by atoms with Crippen LogP contribution >= 0.6 is 11.3 Å². The molecule has 0 fully saturated rings. The second-order valence-electron chi connectivity index (χ2n) is 4.89. The number of nitrogens with zero attached hydrogens (tertiary/aromatic N) is 3. The zero-order valence-corrected chi connectivity index (χ0v) is 13.9. The second kappa shape index (κ2) is 7.05. The smallest absolute Gasteiger partial charge is 0.388 e. The van der Waals surface area contributed by atoms with Gasteiger partial charge in [-0.15, -0.1) is 0 Å². The van der Waals surface area contributed by atoms with Gasteiger partial charge in [0.1, 0.15) is 11.6 Å². The van der Waals surface area contributed by atoms with Crippen molar-refractivity contribution in [2.75, 3.05) is 10.6 Å². The van der Waals surface area contributed by atoms with Gasteiger partial charge in [-0.3, -0.25) is 5.32 Å². The molecule has 0 aromatic carbocycles. The Hall–Kier alpha value is -3.00. The van der Waals surface area contributed by atoms with Crippen LogP contribution in [0, 0.1) is 13.8 Å². The topological polar surface area (TPSA) is 89.0 Å². The van der Waals surface area contributed by atoms with Gasteiger partial charge in [0.25, 0.3) is 5.88 Å². The number of aryl methyl sites for hydroxylation is 2. The molecule has 0 bridgehead atoms. The number of aromatic nitrogens is 3. The maximum Gasteiger partial charge on any atom is 0.419 e. The largest absolute Gasteiger partial charge is 0.419 e. The SMILES string of the molecule is Cc1cccc(NC(=O)Oc2nc(C)sc2Nc2ccccn2)n1. The molecule has 0 spiro atoms. The number of carbonyl (C=O) groups is 1. The van der Waals surface area contributed by atoms with Gasteiger partial charge in [-0.25, -0.2) is 19.7 Å². The molecule has 3 heterocycles. The van der Waals surface area contributed by atoms with E-state index in [1.165, 1.54) is 11.3 Å². The third kappa shape index (κ3) is 4.05. The highest BCUT2D eigenvalue weighted by atomic mass is 32.1. The van der Waals surface area contributed by atoms with Crippen LogP contribution in [0.2, 0.25) is 0 Å². The number of hydrogen-bond donors (Lipinski definition) is 2. The fraction of sp³-hybridized carbons (Fsp3) is 0.125. The van der Waals surface area contributed by atoms with Gasteiger partial charge < -0.3 is 10.1 Å². The van der Waals surface area contributed by atoms with Crippen LogP contribution in [0.15, 0.2) is 42.6 Å². The Morgan fingerprint density at radius 1 is 1.08 bits per heavy atom. The minimum atomic E-state index is -0.650. The van der Waals surface area contributed by atoms with E-state index in [1.54, 1.807) is 18.3 Å². The van der Waals surface area contributed by atoms with E-state index in [2.05, 4.69) is 25.6 Å². The number of hydrogen-bond acceptors (Lipinski definition) is 7. The minimum Gasteiger partial charge on any atom is -0.388 e. The third-order valence-electron chi connectivity index (χ3n) is 2.92. The van der Waals surface area contributed by atoms with Crippen molar-refractivity contribution in [3.63, 3.8) is 0 Å². The molecule has 2 N–H and O–H groups in total. The lowest BCUT2D eigenvalue weighted by Gasteiger charge is -2.07. The van der Waals surface area contributed by atoms with Gasteiger partial charge in [-0.1, -0.05) is 23.5 Å². The van der Waals surface area contributed by atoms with E-state index in [0.29, 0.717) is 16.6 Å². The predicted octanol–water partition coefficient (Wildman–Crippen LogP) is 3.90. The van der Waals surface area contributed by atoms with Gasteiger partial charge in [0, 0.05) is 11.9 Å². The maximum atomic E-state index is 12.1. The molecule has 0 saturated carbocycles. The molecule has 122 valence electrons. The molecule has 0 radical (unpaired) electrons. The van der Waals surface area contributed by atoms with Crippen molar-refractivity contribution in [3.05, 3.63) is 53.3 Å². The van der Waals surface area contributed by atoms with Gasteiger partial charge in [0.2, 0.25) is 0 Å². The number of pyridine rings is 2. The third-order valence-corrected chi connectivity index (χ3v) is 3.78. The van der Waals surface area contributed by atoms with Crippen LogP contribution in [0.4, 0.5) is 21.4 Å². The quantitative estimate of drug-likeness (QED) is 0.748. The van der Waals surface area contributed by atoms with Gasteiger partial charge in [-0.05, 0) is 38.1 Å². The summed E-state index contributed by atoms with van der Waals surface area (Å²) in [7, 11) is 0. The first-order chi connectivity index (χ1) is 11.6. The number of amides is 1. The molecule has 0 aliphatic carbocycles. The molecule has 0 atom stereocenters. The lowest BCUT2D eigenvalue weighted by atomic mass is 10.4. The molecule has 7 nitrogen and oxygen atoms in total. The van der Waals surface area contributed by atoms with Gasteiger partial charge in [0.05, 0.1) is 5.01 Å². The Morgan fingerprint density at radius 3 is 2.67 bits per heavy atom. The van der Waals surface area contributed by atoms with Crippen molar-refractivity contribution in [2.45, 2.75) is 13.8 Å². The summed E-state index contributed by atoms with van der Waals surface area (Å²) in [6, 6.07) is 10.8. The fourth-order valence-electron chi connectivity index (χ4n) is 1.94. The molecule has 0 saturated heterocycles. The molecule has 3 aromatic heterocycles. The summed E-state index contributed by atoms with van der Waals surface area (Å²) >= 11 is 1.38. The lowest BCUT2D eigenvalue weighted by Crippen LogP contribution is -2.18. The van der Waals surface area contributed by atoms with E-state index < -0.39 is 6.09 Å². The number of ether oxygens (including phenoxy) is 1. The number of rotatable bonds is 4. The minimum absolute atomic E-state index is 0.202. The van der Waals surface area contributed by atoms with E-state index in [-0.39, 0.29) is 5.88 Å². The molecule has 0 aliphatic heterocycles. The highest BCUT2D eigenvalue weighted by Crippen LogP contribution is 2.33. The monoisotopic (exact) mass is 341 g/mol. The molecule has 3 aromatic rings. The maximum absolute atomic E-state index is 12.1. The summed E-state index contributed by atoms with van der Waals surface area (Å²) in [4.78, 5) is 24.7.